The molecule has 3 aromatic rings. The molecule has 2 amide bonds. The molecule has 1 fully saturated rings. The lowest BCUT2D eigenvalue weighted by molar-refractivity contribution is -0.131. The number of nitrogens with zero attached hydrogens (tertiary/aromatic N) is 1. The van der Waals surface area contributed by atoms with Crippen LogP contribution in [0.1, 0.15) is 49.8 Å². The predicted molar refractivity (Wildman–Crippen MR) is 117 cm³/mol. The van der Waals surface area contributed by atoms with Crippen molar-refractivity contribution in [2.24, 2.45) is 5.92 Å². The van der Waals surface area contributed by atoms with E-state index in [1.165, 1.54) is 5.56 Å². The van der Waals surface area contributed by atoms with Gasteiger partial charge in [-0.2, -0.15) is 0 Å². The van der Waals surface area contributed by atoms with Crippen LogP contribution in [0.15, 0.2) is 54.9 Å². The number of amides is 2. The number of benzene rings is 1. The Labute approximate surface area is 176 Å². The van der Waals surface area contributed by atoms with Gasteiger partial charge in [0.25, 0.3) is 0 Å². The molecule has 6 nitrogen and oxygen atoms in total. The Morgan fingerprint density at radius 2 is 2.03 bits per heavy atom. The molecule has 4 rings (SSSR count). The molecule has 0 unspecified atom stereocenters. The van der Waals surface area contributed by atoms with E-state index in [-0.39, 0.29) is 17.7 Å². The third-order valence-corrected chi connectivity index (χ3v) is 6.00. The molecule has 0 aliphatic heterocycles. The molecule has 1 aliphatic carbocycles. The van der Waals surface area contributed by atoms with Gasteiger partial charge in [-0.15, -0.1) is 0 Å². The summed E-state index contributed by atoms with van der Waals surface area (Å²) >= 11 is 0. The molecular weight excluding hydrogens is 376 g/mol. The number of carbonyl (C=O) groups excluding carboxylic acids is 2. The standard InChI is InChI=1S/C24H28N4O2/c1-16(23(29)26-15-21-13-20-14-25-11-10-22(20)28-21)27-24(30)19-9-5-8-18(12-19)17-6-3-2-4-7-17/h2-4,6-7,10-11,13-14,16,18-19,28H,5,8-9,12,15H2,1H3,(H,26,29)(H,27,30)/t16-,18-,19+/m0/s1. The van der Waals surface area contributed by atoms with Crippen LogP contribution in [0, 0.1) is 5.92 Å². The van der Waals surface area contributed by atoms with Crippen LogP contribution in [0.5, 0.6) is 0 Å². The SMILES string of the molecule is C[C@H](NC(=O)[C@@H]1CCC[C@H](c2ccccc2)C1)C(=O)NCc1cc2cnccc2[nH]1. The zero-order chi connectivity index (χ0) is 20.9. The van der Waals surface area contributed by atoms with Crippen molar-refractivity contribution < 1.29 is 9.59 Å². The normalized spacial score (nSPS) is 19.9. The molecule has 1 saturated carbocycles. The van der Waals surface area contributed by atoms with E-state index in [4.69, 9.17) is 0 Å². The van der Waals surface area contributed by atoms with Gasteiger partial charge in [0, 0.05) is 34.9 Å². The summed E-state index contributed by atoms with van der Waals surface area (Å²) in [5, 5.41) is 6.82. The highest BCUT2D eigenvalue weighted by Crippen LogP contribution is 2.36. The molecule has 0 saturated heterocycles. The Morgan fingerprint density at radius 1 is 1.20 bits per heavy atom. The predicted octanol–water partition coefficient (Wildman–Crippen LogP) is 3.66. The summed E-state index contributed by atoms with van der Waals surface area (Å²) in [6.45, 7) is 2.12. The van der Waals surface area contributed by atoms with E-state index in [0.29, 0.717) is 12.5 Å². The first-order valence-electron chi connectivity index (χ1n) is 10.6. The summed E-state index contributed by atoms with van der Waals surface area (Å²) in [7, 11) is 0. The van der Waals surface area contributed by atoms with Crippen LogP contribution < -0.4 is 10.6 Å². The second-order valence-corrected chi connectivity index (χ2v) is 8.18. The minimum Gasteiger partial charge on any atom is -0.357 e. The number of pyridine rings is 1. The maximum atomic E-state index is 12.8. The van der Waals surface area contributed by atoms with Crippen LogP contribution in [-0.2, 0) is 16.1 Å². The molecule has 0 bridgehead atoms. The molecule has 0 radical (unpaired) electrons. The lowest BCUT2D eigenvalue weighted by atomic mass is 9.77. The molecule has 3 N–H and O–H groups in total. The van der Waals surface area contributed by atoms with E-state index in [9.17, 15) is 9.59 Å². The molecule has 2 aromatic heterocycles. The number of aromatic nitrogens is 2. The van der Waals surface area contributed by atoms with E-state index < -0.39 is 6.04 Å². The first-order valence-corrected chi connectivity index (χ1v) is 10.6. The maximum Gasteiger partial charge on any atom is 0.242 e. The number of carbonyl (C=O) groups is 2. The number of hydrogen-bond acceptors (Lipinski definition) is 3. The van der Waals surface area contributed by atoms with E-state index >= 15 is 0 Å². The van der Waals surface area contributed by atoms with E-state index in [1.807, 2.05) is 18.2 Å². The third-order valence-electron chi connectivity index (χ3n) is 6.00. The smallest absolute Gasteiger partial charge is 0.242 e. The molecule has 30 heavy (non-hydrogen) atoms. The van der Waals surface area contributed by atoms with Crippen LogP contribution in [0.3, 0.4) is 0 Å². The Balaban J connectivity index is 1.28. The Hall–Kier alpha value is -3.15. The number of hydrogen-bond donors (Lipinski definition) is 3. The summed E-state index contributed by atoms with van der Waals surface area (Å²) in [5.41, 5.74) is 3.19. The Kier molecular flexibility index (Phi) is 6.12. The van der Waals surface area contributed by atoms with Crippen molar-refractivity contribution in [1.82, 2.24) is 20.6 Å². The highest BCUT2D eigenvalue weighted by molar-refractivity contribution is 5.88. The number of rotatable bonds is 6. The maximum absolute atomic E-state index is 12.8. The van der Waals surface area contributed by atoms with Gasteiger partial charge in [0.1, 0.15) is 6.04 Å². The molecule has 2 heterocycles. The molecule has 6 heteroatoms. The molecule has 3 atom stereocenters. The third kappa shape index (κ3) is 4.70. The van der Waals surface area contributed by atoms with Gasteiger partial charge in [0.05, 0.1) is 6.54 Å². The van der Waals surface area contributed by atoms with Crippen molar-refractivity contribution in [3.8, 4) is 0 Å². The molecule has 1 aliphatic rings. The fourth-order valence-corrected chi connectivity index (χ4v) is 4.32. The van der Waals surface area contributed by atoms with Crippen molar-refractivity contribution in [2.45, 2.75) is 51.1 Å². The fraction of sp³-hybridized carbons (Fsp3) is 0.375. The van der Waals surface area contributed by atoms with Gasteiger partial charge in [-0.05, 0) is 49.8 Å². The number of fused-ring (bicyclic) bond motifs is 1. The number of aromatic amines is 1. The first-order chi connectivity index (χ1) is 14.6. The van der Waals surface area contributed by atoms with Crippen molar-refractivity contribution in [2.75, 3.05) is 0 Å². The van der Waals surface area contributed by atoms with Crippen molar-refractivity contribution in [3.63, 3.8) is 0 Å². The summed E-state index contributed by atoms with van der Waals surface area (Å²) in [4.78, 5) is 32.6. The minimum atomic E-state index is -0.569. The number of nitrogens with one attached hydrogen (secondary N) is 3. The summed E-state index contributed by atoms with van der Waals surface area (Å²) in [6.07, 6.45) is 7.39. The molecule has 1 aromatic carbocycles. The quantitative estimate of drug-likeness (QED) is 0.586. The summed E-state index contributed by atoms with van der Waals surface area (Å²) in [6, 6.07) is 13.7. The van der Waals surface area contributed by atoms with Crippen LogP contribution in [0.25, 0.3) is 10.9 Å². The van der Waals surface area contributed by atoms with E-state index in [1.54, 1.807) is 19.3 Å². The topological polar surface area (TPSA) is 86.9 Å². The fourth-order valence-electron chi connectivity index (χ4n) is 4.32. The van der Waals surface area contributed by atoms with E-state index in [2.05, 4.69) is 44.9 Å². The highest BCUT2D eigenvalue weighted by atomic mass is 16.2. The van der Waals surface area contributed by atoms with Gasteiger partial charge in [0.15, 0.2) is 0 Å². The Morgan fingerprint density at radius 3 is 2.83 bits per heavy atom. The molecule has 156 valence electrons. The van der Waals surface area contributed by atoms with Crippen molar-refractivity contribution in [1.29, 1.82) is 0 Å². The average Bonchev–Trinajstić information content (AvgIpc) is 3.21. The average molecular weight is 405 g/mol. The van der Waals surface area contributed by atoms with Gasteiger partial charge >= 0.3 is 0 Å². The number of H-pyrrole nitrogens is 1. The largest absolute Gasteiger partial charge is 0.357 e. The lowest BCUT2D eigenvalue weighted by Gasteiger charge is -2.29. The first kappa shape index (κ1) is 20.1. The molecular formula is C24H28N4O2. The zero-order valence-electron chi connectivity index (χ0n) is 17.2. The highest BCUT2D eigenvalue weighted by Gasteiger charge is 2.29. The lowest BCUT2D eigenvalue weighted by Crippen LogP contribution is -2.47. The monoisotopic (exact) mass is 404 g/mol. The van der Waals surface area contributed by atoms with Gasteiger partial charge in [-0.3, -0.25) is 14.6 Å². The van der Waals surface area contributed by atoms with E-state index in [0.717, 1.165) is 42.3 Å². The van der Waals surface area contributed by atoms with Gasteiger partial charge < -0.3 is 15.6 Å². The van der Waals surface area contributed by atoms with Crippen LogP contribution in [0.4, 0.5) is 0 Å². The summed E-state index contributed by atoms with van der Waals surface area (Å²) < 4.78 is 0. The minimum absolute atomic E-state index is 0.0185. The van der Waals surface area contributed by atoms with Crippen molar-refractivity contribution in [3.05, 3.63) is 66.1 Å². The van der Waals surface area contributed by atoms with Crippen LogP contribution in [-0.4, -0.2) is 27.8 Å². The molecule has 0 spiro atoms. The van der Waals surface area contributed by atoms with Crippen LogP contribution in [0.2, 0.25) is 0 Å². The van der Waals surface area contributed by atoms with Crippen molar-refractivity contribution >= 4 is 22.7 Å². The zero-order valence-corrected chi connectivity index (χ0v) is 17.2. The summed E-state index contributed by atoms with van der Waals surface area (Å²) in [5.74, 6) is 0.169. The van der Waals surface area contributed by atoms with Gasteiger partial charge in [-0.25, -0.2) is 0 Å². The van der Waals surface area contributed by atoms with Gasteiger partial charge in [-0.1, -0.05) is 36.8 Å². The van der Waals surface area contributed by atoms with Crippen LogP contribution >= 0.6 is 0 Å². The van der Waals surface area contributed by atoms with Gasteiger partial charge in [0.2, 0.25) is 11.8 Å². The second-order valence-electron chi connectivity index (χ2n) is 8.18. The Bertz CT molecular complexity index is 981. The second kappa shape index (κ2) is 9.11.